The van der Waals surface area contributed by atoms with Crippen molar-refractivity contribution in [2.75, 3.05) is 19.7 Å². The van der Waals surface area contributed by atoms with E-state index in [1.807, 2.05) is 0 Å². The van der Waals surface area contributed by atoms with Crippen molar-refractivity contribution >= 4 is 0 Å². The Labute approximate surface area is 69.1 Å². The van der Waals surface area contributed by atoms with E-state index in [0.29, 0.717) is 13.1 Å². The van der Waals surface area contributed by atoms with Gasteiger partial charge in [0.25, 0.3) is 0 Å². The van der Waals surface area contributed by atoms with E-state index in [-0.39, 0.29) is 6.10 Å². The molecule has 0 aromatic heterocycles. The van der Waals surface area contributed by atoms with Gasteiger partial charge in [-0.05, 0) is 19.4 Å². The summed E-state index contributed by atoms with van der Waals surface area (Å²) in [6, 6.07) is 0. The average molecular weight is 160 g/mol. The van der Waals surface area contributed by atoms with Gasteiger partial charge in [-0.2, -0.15) is 0 Å². The fraction of sp³-hybridized carbons (Fsp3) is 1.00. The largest absolute Gasteiger partial charge is 0.377 e. The van der Waals surface area contributed by atoms with Gasteiger partial charge in [0, 0.05) is 13.2 Å². The molecule has 0 heterocycles. The highest BCUT2D eigenvalue weighted by Crippen LogP contribution is 1.97. The lowest BCUT2D eigenvalue weighted by Gasteiger charge is -2.14. The highest BCUT2D eigenvalue weighted by atomic mass is 16.5. The average Bonchev–Trinajstić information content (AvgIpc) is 2.03. The summed E-state index contributed by atoms with van der Waals surface area (Å²) in [7, 11) is 0. The number of hydrogen-bond donors (Lipinski definition) is 2. The zero-order valence-electron chi connectivity index (χ0n) is 7.38. The maximum Gasteiger partial charge on any atom is 0.0709 e. The van der Waals surface area contributed by atoms with Crippen molar-refractivity contribution in [1.29, 1.82) is 0 Å². The minimum absolute atomic E-state index is 0.173. The fourth-order valence-corrected chi connectivity index (χ4v) is 0.849. The Morgan fingerprint density at radius 1 is 1.36 bits per heavy atom. The fourth-order valence-electron chi connectivity index (χ4n) is 0.849. The summed E-state index contributed by atoms with van der Waals surface area (Å²) < 4.78 is 5.47. The molecule has 0 amide bonds. The molecule has 68 valence electrons. The van der Waals surface area contributed by atoms with E-state index in [0.717, 1.165) is 19.4 Å². The number of rotatable bonds is 7. The molecule has 0 bridgehead atoms. The Bertz CT molecular complexity index is 78.5. The lowest BCUT2D eigenvalue weighted by Crippen LogP contribution is -2.26. The first-order chi connectivity index (χ1) is 5.35. The van der Waals surface area contributed by atoms with Crippen LogP contribution in [0.3, 0.4) is 0 Å². The molecular formula is C8H20N2O. The maximum absolute atomic E-state index is 5.47. The van der Waals surface area contributed by atoms with Crippen LogP contribution < -0.4 is 11.5 Å². The van der Waals surface area contributed by atoms with E-state index in [1.165, 1.54) is 6.42 Å². The number of ether oxygens (including phenoxy) is 1. The van der Waals surface area contributed by atoms with Crippen LogP contribution in [0.15, 0.2) is 0 Å². The molecule has 0 saturated carbocycles. The summed E-state index contributed by atoms with van der Waals surface area (Å²) in [5, 5.41) is 0. The predicted octanol–water partition coefficient (Wildman–Crippen LogP) is 0.479. The second kappa shape index (κ2) is 7.98. The van der Waals surface area contributed by atoms with Crippen molar-refractivity contribution in [3.05, 3.63) is 0 Å². The van der Waals surface area contributed by atoms with E-state index in [1.54, 1.807) is 0 Å². The van der Waals surface area contributed by atoms with Crippen molar-refractivity contribution in [3.63, 3.8) is 0 Å². The molecule has 0 aliphatic carbocycles. The molecule has 0 aromatic carbocycles. The molecule has 0 radical (unpaired) electrons. The standard InChI is InChI=1S/C8H20N2O/c1-2-3-6-11-8(7-10)4-5-9/h8H,2-7,9-10H2,1H3/t8-/m1/s1. The third-order valence-electron chi connectivity index (χ3n) is 1.60. The van der Waals surface area contributed by atoms with Gasteiger partial charge in [0.2, 0.25) is 0 Å². The van der Waals surface area contributed by atoms with Gasteiger partial charge in [-0.25, -0.2) is 0 Å². The summed E-state index contributed by atoms with van der Waals surface area (Å²) in [6.45, 7) is 4.21. The van der Waals surface area contributed by atoms with Gasteiger partial charge in [0.15, 0.2) is 0 Å². The van der Waals surface area contributed by atoms with E-state index >= 15 is 0 Å². The predicted molar refractivity (Wildman–Crippen MR) is 47.4 cm³/mol. The molecule has 11 heavy (non-hydrogen) atoms. The molecule has 0 unspecified atom stereocenters. The normalized spacial score (nSPS) is 13.4. The molecule has 0 saturated heterocycles. The smallest absolute Gasteiger partial charge is 0.0709 e. The maximum atomic E-state index is 5.47. The lowest BCUT2D eigenvalue weighted by molar-refractivity contribution is 0.0532. The Hall–Kier alpha value is -0.120. The van der Waals surface area contributed by atoms with E-state index < -0.39 is 0 Å². The Morgan fingerprint density at radius 2 is 2.09 bits per heavy atom. The third-order valence-corrected chi connectivity index (χ3v) is 1.60. The first kappa shape index (κ1) is 10.9. The minimum atomic E-state index is 0.173. The number of nitrogens with two attached hydrogens (primary N) is 2. The van der Waals surface area contributed by atoms with Crippen molar-refractivity contribution in [2.24, 2.45) is 11.5 Å². The molecule has 0 aliphatic rings. The van der Waals surface area contributed by atoms with Crippen LogP contribution in [0.1, 0.15) is 26.2 Å². The van der Waals surface area contributed by atoms with E-state index in [4.69, 9.17) is 16.2 Å². The summed E-state index contributed by atoms with van der Waals surface area (Å²) in [5.41, 5.74) is 10.8. The van der Waals surface area contributed by atoms with Crippen LogP contribution in [0.25, 0.3) is 0 Å². The topological polar surface area (TPSA) is 61.3 Å². The number of unbranched alkanes of at least 4 members (excludes halogenated alkanes) is 1. The van der Waals surface area contributed by atoms with E-state index in [9.17, 15) is 0 Å². The third kappa shape index (κ3) is 6.28. The second-order valence-electron chi connectivity index (χ2n) is 2.66. The minimum Gasteiger partial charge on any atom is -0.377 e. The molecule has 1 atom stereocenters. The van der Waals surface area contributed by atoms with Gasteiger partial charge in [-0.3, -0.25) is 0 Å². The monoisotopic (exact) mass is 160 g/mol. The molecule has 3 nitrogen and oxygen atoms in total. The molecule has 0 spiro atoms. The zero-order chi connectivity index (χ0) is 8.53. The van der Waals surface area contributed by atoms with Crippen molar-refractivity contribution in [3.8, 4) is 0 Å². The van der Waals surface area contributed by atoms with Gasteiger partial charge >= 0.3 is 0 Å². The molecule has 0 fully saturated rings. The van der Waals surface area contributed by atoms with Gasteiger partial charge in [-0.1, -0.05) is 13.3 Å². The van der Waals surface area contributed by atoms with Crippen LogP contribution >= 0.6 is 0 Å². The molecule has 4 N–H and O–H groups in total. The van der Waals surface area contributed by atoms with Crippen LogP contribution in [0.2, 0.25) is 0 Å². The van der Waals surface area contributed by atoms with Crippen molar-refractivity contribution in [2.45, 2.75) is 32.3 Å². The zero-order valence-corrected chi connectivity index (χ0v) is 7.38. The Kier molecular flexibility index (Phi) is 7.89. The second-order valence-corrected chi connectivity index (χ2v) is 2.66. The summed E-state index contributed by atoms with van der Waals surface area (Å²) in [4.78, 5) is 0. The summed E-state index contributed by atoms with van der Waals surface area (Å²) in [6.07, 6.45) is 3.33. The number of hydrogen-bond acceptors (Lipinski definition) is 3. The highest BCUT2D eigenvalue weighted by Gasteiger charge is 2.03. The van der Waals surface area contributed by atoms with Crippen LogP contribution in [0.4, 0.5) is 0 Å². The van der Waals surface area contributed by atoms with Crippen LogP contribution in [0, 0.1) is 0 Å². The first-order valence-electron chi connectivity index (χ1n) is 4.36. The Morgan fingerprint density at radius 3 is 2.55 bits per heavy atom. The molecular weight excluding hydrogens is 140 g/mol. The van der Waals surface area contributed by atoms with Crippen LogP contribution in [-0.2, 0) is 4.74 Å². The summed E-state index contributed by atoms with van der Waals surface area (Å²) in [5.74, 6) is 0. The Balaban J connectivity index is 3.20. The van der Waals surface area contributed by atoms with Crippen LogP contribution in [-0.4, -0.2) is 25.8 Å². The van der Waals surface area contributed by atoms with Gasteiger partial charge in [0.05, 0.1) is 6.10 Å². The lowest BCUT2D eigenvalue weighted by atomic mass is 10.2. The van der Waals surface area contributed by atoms with E-state index in [2.05, 4.69) is 6.92 Å². The van der Waals surface area contributed by atoms with Crippen LogP contribution in [0.5, 0.6) is 0 Å². The highest BCUT2D eigenvalue weighted by molar-refractivity contribution is 4.58. The summed E-state index contributed by atoms with van der Waals surface area (Å²) >= 11 is 0. The van der Waals surface area contributed by atoms with Gasteiger partial charge in [0.1, 0.15) is 0 Å². The molecule has 0 aromatic rings. The van der Waals surface area contributed by atoms with Gasteiger partial charge < -0.3 is 16.2 Å². The first-order valence-corrected chi connectivity index (χ1v) is 4.36. The molecule has 0 rings (SSSR count). The molecule has 3 heteroatoms. The van der Waals surface area contributed by atoms with Crippen molar-refractivity contribution in [1.82, 2.24) is 0 Å². The quantitative estimate of drug-likeness (QED) is 0.532. The molecule has 0 aliphatic heterocycles. The van der Waals surface area contributed by atoms with Gasteiger partial charge in [-0.15, -0.1) is 0 Å². The van der Waals surface area contributed by atoms with Crippen molar-refractivity contribution < 1.29 is 4.74 Å². The SMILES string of the molecule is CCCCO[C@@H](CN)CCN.